The van der Waals surface area contributed by atoms with Crippen molar-refractivity contribution in [2.24, 2.45) is 0 Å². The Balaban J connectivity index is 3.35. The molecular weight excluding hydrogens is 345 g/mol. The molecule has 0 unspecified atom stereocenters. The highest BCUT2D eigenvalue weighted by molar-refractivity contribution is 14.1. The lowest BCUT2D eigenvalue weighted by atomic mass is 10.0. The highest BCUT2D eigenvalue weighted by Crippen LogP contribution is 2.29. The highest BCUT2D eigenvalue weighted by atomic mass is 127. The summed E-state index contributed by atoms with van der Waals surface area (Å²) in [6.45, 7) is 0. The van der Waals surface area contributed by atoms with E-state index in [4.69, 9.17) is 5.26 Å². The van der Waals surface area contributed by atoms with Gasteiger partial charge < -0.3 is 4.74 Å². The van der Waals surface area contributed by atoms with Crippen molar-refractivity contribution in [3.63, 3.8) is 0 Å². The number of rotatable bonds is 3. The number of hydrogen-bond donors (Lipinski definition) is 0. The Hall–Kier alpha value is -1.30. The highest BCUT2D eigenvalue weighted by Gasteiger charge is 2.23. The first-order valence-corrected chi connectivity index (χ1v) is 5.51. The molecule has 1 aromatic rings. The third-order valence-corrected chi connectivity index (χ3v) is 2.99. The molecule has 0 spiro atoms. The summed E-state index contributed by atoms with van der Waals surface area (Å²) in [4.78, 5) is 14.9. The van der Waals surface area contributed by atoms with Crippen molar-refractivity contribution < 1.29 is 18.3 Å². The molecule has 0 radical (unpaired) electrons. The Bertz CT molecular complexity index is 486. The van der Waals surface area contributed by atoms with Gasteiger partial charge in [-0.1, -0.05) is 0 Å². The number of hydrogen-bond acceptors (Lipinski definition) is 4. The van der Waals surface area contributed by atoms with E-state index >= 15 is 0 Å². The minimum absolute atomic E-state index is 0.0477. The van der Waals surface area contributed by atoms with Crippen LogP contribution in [0.2, 0.25) is 0 Å². The van der Waals surface area contributed by atoms with E-state index in [0.717, 1.165) is 6.20 Å². The van der Waals surface area contributed by atoms with Gasteiger partial charge in [-0.15, -0.1) is 0 Å². The standard InChI is InChI=1S/C10H7F2IN2O2/c1-17-7(16)2-6-8(9(11)12)5(3-14)4-15-10(6)13/h4,9H,2H2,1H3. The number of nitriles is 1. The lowest BCUT2D eigenvalue weighted by molar-refractivity contribution is -0.139. The molecule has 0 bridgehead atoms. The molecule has 0 saturated carbocycles. The number of esters is 1. The predicted molar refractivity (Wildman–Crippen MR) is 62.3 cm³/mol. The monoisotopic (exact) mass is 352 g/mol. The summed E-state index contributed by atoms with van der Waals surface area (Å²) in [5.74, 6) is -0.651. The van der Waals surface area contributed by atoms with Gasteiger partial charge in [0.15, 0.2) is 0 Å². The SMILES string of the molecule is COC(=O)Cc1c(I)ncc(C#N)c1C(F)F. The van der Waals surface area contributed by atoms with Gasteiger partial charge in [0.1, 0.15) is 9.77 Å². The molecule has 0 saturated heterocycles. The number of methoxy groups -OCH3 is 1. The number of pyridine rings is 1. The van der Waals surface area contributed by atoms with Crippen molar-refractivity contribution in [2.45, 2.75) is 12.8 Å². The molecule has 4 nitrogen and oxygen atoms in total. The molecular formula is C10H7F2IN2O2. The van der Waals surface area contributed by atoms with Crippen LogP contribution in [-0.4, -0.2) is 18.1 Å². The molecule has 0 aliphatic rings. The quantitative estimate of drug-likeness (QED) is 0.475. The van der Waals surface area contributed by atoms with Crippen LogP contribution in [0.3, 0.4) is 0 Å². The van der Waals surface area contributed by atoms with E-state index in [1.165, 1.54) is 7.11 Å². The minimum atomic E-state index is -2.83. The van der Waals surface area contributed by atoms with Crippen LogP contribution < -0.4 is 0 Å². The van der Waals surface area contributed by atoms with E-state index in [9.17, 15) is 13.6 Å². The van der Waals surface area contributed by atoms with Crippen LogP contribution in [-0.2, 0) is 16.0 Å². The fourth-order valence-electron chi connectivity index (χ4n) is 1.27. The second-order valence-electron chi connectivity index (χ2n) is 3.02. The van der Waals surface area contributed by atoms with Crippen LogP contribution >= 0.6 is 22.6 Å². The normalized spacial score (nSPS) is 10.1. The van der Waals surface area contributed by atoms with Gasteiger partial charge in [-0.05, 0) is 22.6 Å². The van der Waals surface area contributed by atoms with E-state index < -0.39 is 18.0 Å². The molecule has 90 valence electrons. The van der Waals surface area contributed by atoms with Crippen molar-refractivity contribution in [3.8, 4) is 6.07 Å². The lowest BCUT2D eigenvalue weighted by Crippen LogP contribution is -2.11. The number of carbonyl (C=O) groups is 1. The third kappa shape index (κ3) is 3.09. The van der Waals surface area contributed by atoms with Crippen LogP contribution in [0.15, 0.2) is 6.20 Å². The van der Waals surface area contributed by atoms with E-state index in [2.05, 4.69) is 9.72 Å². The van der Waals surface area contributed by atoms with Crippen LogP contribution in [0, 0.1) is 15.0 Å². The van der Waals surface area contributed by atoms with Gasteiger partial charge in [0.05, 0.1) is 19.1 Å². The molecule has 0 aliphatic carbocycles. The second-order valence-corrected chi connectivity index (χ2v) is 4.04. The minimum Gasteiger partial charge on any atom is -0.469 e. The predicted octanol–water partition coefficient (Wildman–Crippen LogP) is 2.21. The molecule has 0 aromatic carbocycles. The van der Waals surface area contributed by atoms with Gasteiger partial charge in [-0.25, -0.2) is 13.8 Å². The molecule has 7 heteroatoms. The van der Waals surface area contributed by atoms with E-state index in [1.54, 1.807) is 28.7 Å². The molecule has 1 heterocycles. The zero-order valence-corrected chi connectivity index (χ0v) is 10.9. The summed E-state index contributed by atoms with van der Waals surface area (Å²) in [5, 5.41) is 8.73. The molecule has 0 atom stereocenters. The Labute approximate surface area is 110 Å². The largest absolute Gasteiger partial charge is 0.469 e. The molecule has 0 N–H and O–H groups in total. The topological polar surface area (TPSA) is 63.0 Å². The van der Waals surface area contributed by atoms with Crippen molar-refractivity contribution >= 4 is 28.6 Å². The Morgan fingerprint density at radius 3 is 2.82 bits per heavy atom. The maximum Gasteiger partial charge on any atom is 0.310 e. The van der Waals surface area contributed by atoms with Crippen molar-refractivity contribution in [3.05, 3.63) is 26.6 Å². The van der Waals surface area contributed by atoms with Gasteiger partial charge in [0.25, 0.3) is 6.43 Å². The zero-order valence-electron chi connectivity index (χ0n) is 8.71. The maximum atomic E-state index is 12.9. The number of ether oxygens (including phenoxy) is 1. The maximum absolute atomic E-state index is 12.9. The van der Waals surface area contributed by atoms with Crippen molar-refractivity contribution in [1.29, 1.82) is 5.26 Å². The summed E-state index contributed by atoms with van der Waals surface area (Å²) in [6, 6.07) is 1.64. The van der Waals surface area contributed by atoms with E-state index in [1.807, 2.05) is 0 Å². The van der Waals surface area contributed by atoms with Gasteiger partial charge in [-0.2, -0.15) is 5.26 Å². The van der Waals surface area contributed by atoms with E-state index in [0.29, 0.717) is 0 Å². The van der Waals surface area contributed by atoms with Crippen LogP contribution in [0.1, 0.15) is 23.1 Å². The fraction of sp³-hybridized carbons (Fsp3) is 0.300. The van der Waals surface area contributed by atoms with Gasteiger partial charge >= 0.3 is 5.97 Å². The molecule has 0 fully saturated rings. The van der Waals surface area contributed by atoms with Crippen LogP contribution in [0.25, 0.3) is 0 Å². The summed E-state index contributed by atoms with van der Waals surface area (Å²) in [7, 11) is 1.17. The first-order valence-electron chi connectivity index (χ1n) is 4.43. The number of carbonyl (C=O) groups excluding carboxylic acids is 1. The fourth-order valence-corrected chi connectivity index (χ4v) is 1.89. The summed E-state index contributed by atoms with van der Waals surface area (Å²) in [5.41, 5.74) is -0.622. The molecule has 17 heavy (non-hydrogen) atoms. The lowest BCUT2D eigenvalue weighted by Gasteiger charge is -2.10. The van der Waals surface area contributed by atoms with Gasteiger partial charge in [0, 0.05) is 17.3 Å². The van der Waals surface area contributed by atoms with Crippen LogP contribution in [0.4, 0.5) is 8.78 Å². The van der Waals surface area contributed by atoms with Crippen molar-refractivity contribution in [1.82, 2.24) is 4.98 Å². The molecule has 1 rings (SSSR count). The van der Waals surface area contributed by atoms with E-state index in [-0.39, 0.29) is 21.2 Å². The molecule has 0 amide bonds. The zero-order chi connectivity index (χ0) is 13.0. The van der Waals surface area contributed by atoms with Gasteiger partial charge in [0.2, 0.25) is 0 Å². The average Bonchev–Trinajstić information content (AvgIpc) is 2.30. The summed E-state index contributed by atoms with van der Waals surface area (Å²) in [6.07, 6.45) is -2.08. The molecule has 0 aliphatic heterocycles. The number of nitrogens with zero attached hydrogens (tertiary/aromatic N) is 2. The third-order valence-electron chi connectivity index (χ3n) is 2.06. The number of halogens is 3. The van der Waals surface area contributed by atoms with Crippen molar-refractivity contribution in [2.75, 3.05) is 7.11 Å². The number of alkyl halides is 2. The number of aromatic nitrogens is 1. The summed E-state index contributed by atoms with van der Waals surface area (Å²) < 4.78 is 30.4. The Morgan fingerprint density at radius 2 is 2.35 bits per heavy atom. The van der Waals surface area contributed by atoms with Gasteiger partial charge in [-0.3, -0.25) is 4.79 Å². The summed E-state index contributed by atoms with van der Waals surface area (Å²) >= 11 is 1.74. The molecule has 1 aromatic heterocycles. The average molecular weight is 352 g/mol. The van der Waals surface area contributed by atoms with Crippen LogP contribution in [0.5, 0.6) is 0 Å². The second kappa shape index (κ2) is 5.86. The first kappa shape index (κ1) is 13.8. The smallest absolute Gasteiger partial charge is 0.310 e. The first-order chi connectivity index (χ1) is 8.01. The Morgan fingerprint density at radius 1 is 1.71 bits per heavy atom. The Kier molecular flexibility index (Phi) is 4.74.